The highest BCUT2D eigenvalue weighted by atomic mass is 35.5. The second kappa shape index (κ2) is 6.65. The summed E-state index contributed by atoms with van der Waals surface area (Å²) in [6, 6.07) is 4.49. The number of nitrogens with one attached hydrogen (secondary N) is 3. The third kappa shape index (κ3) is 3.48. The van der Waals surface area contributed by atoms with Crippen LogP contribution in [0.3, 0.4) is 0 Å². The van der Waals surface area contributed by atoms with Gasteiger partial charge in [-0.15, -0.1) is 0 Å². The van der Waals surface area contributed by atoms with Crippen molar-refractivity contribution < 1.29 is 9.18 Å². The molecule has 2 aliphatic heterocycles. The molecule has 1 aliphatic carbocycles. The Balaban J connectivity index is 1.53. The Morgan fingerprint density at radius 2 is 2.28 bits per heavy atom. The molecular formula is C17H19ClFN5O. The number of carbonyl (C=O) groups excluding carboxylic acids is 1. The predicted octanol–water partition coefficient (Wildman–Crippen LogP) is 2.10. The number of halogens is 2. The van der Waals surface area contributed by atoms with Crippen LogP contribution in [0.15, 0.2) is 35.2 Å². The quantitative estimate of drug-likeness (QED) is 0.675. The van der Waals surface area contributed by atoms with Crippen molar-refractivity contribution in [2.45, 2.75) is 25.2 Å². The molecule has 3 N–H and O–H groups in total. The molecule has 0 aromatic heterocycles. The van der Waals surface area contributed by atoms with Crippen LogP contribution in [0.2, 0.25) is 5.02 Å². The minimum absolute atomic E-state index is 0.0634. The fourth-order valence-electron chi connectivity index (χ4n) is 2.99. The second-order valence-corrected chi connectivity index (χ2v) is 6.97. The third-order valence-electron chi connectivity index (χ3n) is 4.58. The van der Waals surface area contributed by atoms with Crippen molar-refractivity contribution in [3.05, 3.63) is 40.9 Å². The smallest absolute Gasteiger partial charge is 0.141 e. The zero-order valence-electron chi connectivity index (χ0n) is 13.5. The van der Waals surface area contributed by atoms with Crippen molar-refractivity contribution in [3.63, 3.8) is 0 Å². The van der Waals surface area contributed by atoms with Gasteiger partial charge in [-0.25, -0.2) is 9.40 Å². The number of hydrogen-bond acceptors (Lipinski definition) is 6. The lowest BCUT2D eigenvalue weighted by atomic mass is 10.1. The van der Waals surface area contributed by atoms with E-state index >= 15 is 0 Å². The van der Waals surface area contributed by atoms with E-state index in [1.165, 1.54) is 18.9 Å². The number of anilines is 1. The van der Waals surface area contributed by atoms with Crippen molar-refractivity contribution in [1.82, 2.24) is 15.6 Å². The van der Waals surface area contributed by atoms with Crippen LogP contribution >= 0.6 is 11.6 Å². The van der Waals surface area contributed by atoms with Gasteiger partial charge in [0.15, 0.2) is 0 Å². The highest BCUT2D eigenvalue weighted by molar-refractivity contribution is 6.31. The summed E-state index contributed by atoms with van der Waals surface area (Å²) >= 11 is 5.85. The minimum Gasteiger partial charge on any atom is -0.370 e. The summed E-state index contributed by atoms with van der Waals surface area (Å²) in [7, 11) is 0. The Morgan fingerprint density at radius 1 is 1.44 bits per heavy atom. The molecule has 0 bridgehead atoms. The summed E-state index contributed by atoms with van der Waals surface area (Å²) in [4.78, 5) is 11.3. The van der Waals surface area contributed by atoms with Crippen LogP contribution in [0.4, 0.5) is 10.1 Å². The van der Waals surface area contributed by atoms with Crippen LogP contribution < -0.4 is 16.0 Å². The van der Waals surface area contributed by atoms with Gasteiger partial charge < -0.3 is 15.4 Å². The Bertz CT molecular complexity index is 736. The molecule has 3 unspecified atom stereocenters. The molecule has 3 atom stereocenters. The maximum absolute atomic E-state index is 13.3. The van der Waals surface area contributed by atoms with Gasteiger partial charge in [0.05, 0.1) is 10.9 Å². The molecule has 1 saturated carbocycles. The standard InChI is InChI=1S/C17H19ClFN5O/c18-13-5-12(3-4-14(13)19)22-15-6-16(20-7-10-1-2-10)24-17(23-15)11(9-25)8-21-24/h3-6,8-11,15,17,20,22-23H,1-2,7H2. The molecule has 1 fully saturated rings. The van der Waals surface area contributed by atoms with Crippen molar-refractivity contribution in [1.29, 1.82) is 0 Å². The summed E-state index contributed by atoms with van der Waals surface area (Å²) in [6.07, 6.45) is 6.51. The maximum atomic E-state index is 13.3. The van der Waals surface area contributed by atoms with Crippen molar-refractivity contribution in [2.24, 2.45) is 16.9 Å². The van der Waals surface area contributed by atoms with E-state index < -0.39 is 5.82 Å². The van der Waals surface area contributed by atoms with E-state index in [-0.39, 0.29) is 23.3 Å². The Labute approximate surface area is 150 Å². The van der Waals surface area contributed by atoms with Crippen LogP contribution in [0.5, 0.6) is 0 Å². The first-order valence-electron chi connectivity index (χ1n) is 8.36. The number of nitrogens with zero attached hydrogens (tertiary/aromatic N) is 2. The topological polar surface area (TPSA) is 68.8 Å². The maximum Gasteiger partial charge on any atom is 0.141 e. The van der Waals surface area contributed by atoms with E-state index in [9.17, 15) is 9.18 Å². The van der Waals surface area contributed by atoms with E-state index in [0.29, 0.717) is 11.6 Å². The van der Waals surface area contributed by atoms with Gasteiger partial charge in [-0.05, 0) is 43.0 Å². The summed E-state index contributed by atoms with van der Waals surface area (Å²) in [5.74, 6) is 0.794. The van der Waals surface area contributed by atoms with Gasteiger partial charge in [-0.1, -0.05) is 11.6 Å². The summed E-state index contributed by atoms with van der Waals surface area (Å²) < 4.78 is 13.3. The van der Waals surface area contributed by atoms with E-state index in [4.69, 9.17) is 11.6 Å². The van der Waals surface area contributed by atoms with Crippen molar-refractivity contribution >= 4 is 29.8 Å². The van der Waals surface area contributed by atoms with Gasteiger partial charge in [0.1, 0.15) is 30.3 Å². The van der Waals surface area contributed by atoms with E-state index in [1.807, 2.05) is 6.08 Å². The fraction of sp³-hybridized carbons (Fsp3) is 0.412. The van der Waals surface area contributed by atoms with Gasteiger partial charge in [0.2, 0.25) is 0 Å². The van der Waals surface area contributed by atoms with Crippen LogP contribution in [0.1, 0.15) is 12.8 Å². The Kier molecular flexibility index (Phi) is 4.35. The molecule has 8 heteroatoms. The zero-order valence-corrected chi connectivity index (χ0v) is 14.2. The van der Waals surface area contributed by atoms with Crippen LogP contribution in [-0.2, 0) is 4.79 Å². The number of benzene rings is 1. The lowest BCUT2D eigenvalue weighted by Crippen LogP contribution is -2.56. The van der Waals surface area contributed by atoms with Gasteiger partial charge in [-0.2, -0.15) is 5.10 Å². The highest BCUT2D eigenvalue weighted by Gasteiger charge is 2.38. The molecule has 3 aliphatic rings. The Hall–Kier alpha value is -2.12. The number of fused-ring (bicyclic) bond motifs is 1. The normalized spacial score (nSPS) is 27.7. The molecular weight excluding hydrogens is 345 g/mol. The van der Waals surface area contributed by atoms with Crippen molar-refractivity contribution in [2.75, 3.05) is 11.9 Å². The third-order valence-corrected chi connectivity index (χ3v) is 4.87. The number of hydrazone groups is 1. The second-order valence-electron chi connectivity index (χ2n) is 6.56. The number of aldehydes is 1. The van der Waals surface area contributed by atoms with Gasteiger partial charge in [0, 0.05) is 18.4 Å². The molecule has 0 radical (unpaired) electrons. The molecule has 0 spiro atoms. The molecule has 6 nitrogen and oxygen atoms in total. The predicted molar refractivity (Wildman–Crippen MR) is 94.4 cm³/mol. The molecule has 1 aromatic carbocycles. The minimum atomic E-state index is -0.456. The first-order chi connectivity index (χ1) is 12.1. The molecule has 2 heterocycles. The lowest BCUT2D eigenvalue weighted by Gasteiger charge is -2.37. The molecule has 25 heavy (non-hydrogen) atoms. The van der Waals surface area contributed by atoms with Crippen LogP contribution in [0, 0.1) is 17.7 Å². The number of carbonyl (C=O) groups is 1. The van der Waals surface area contributed by atoms with Crippen LogP contribution in [0.25, 0.3) is 0 Å². The molecule has 0 amide bonds. The van der Waals surface area contributed by atoms with Crippen molar-refractivity contribution in [3.8, 4) is 0 Å². The number of rotatable bonds is 6. The van der Waals surface area contributed by atoms with Crippen LogP contribution in [-0.4, -0.2) is 36.4 Å². The molecule has 132 valence electrons. The molecule has 1 aromatic rings. The molecule has 4 rings (SSSR count). The van der Waals surface area contributed by atoms with E-state index in [1.54, 1.807) is 23.4 Å². The average Bonchev–Trinajstić information content (AvgIpc) is 3.34. The monoisotopic (exact) mass is 363 g/mol. The lowest BCUT2D eigenvalue weighted by molar-refractivity contribution is -0.110. The molecule has 0 saturated heterocycles. The number of hydrogen-bond donors (Lipinski definition) is 3. The Morgan fingerprint density at radius 3 is 3.00 bits per heavy atom. The largest absolute Gasteiger partial charge is 0.370 e. The fourth-order valence-corrected chi connectivity index (χ4v) is 3.17. The zero-order chi connectivity index (χ0) is 17.4. The van der Waals surface area contributed by atoms with Gasteiger partial charge in [0.25, 0.3) is 0 Å². The van der Waals surface area contributed by atoms with Gasteiger partial charge in [-0.3, -0.25) is 5.32 Å². The average molecular weight is 364 g/mol. The van der Waals surface area contributed by atoms with E-state index in [2.05, 4.69) is 21.1 Å². The first kappa shape index (κ1) is 16.4. The SMILES string of the molecule is O=CC1C=NN2C(NCC3CC3)=CC(Nc3ccc(F)c(Cl)c3)NC12. The van der Waals surface area contributed by atoms with Gasteiger partial charge >= 0.3 is 0 Å². The van der Waals surface area contributed by atoms with E-state index in [0.717, 1.165) is 18.7 Å². The highest BCUT2D eigenvalue weighted by Crippen LogP contribution is 2.29. The summed E-state index contributed by atoms with van der Waals surface area (Å²) in [6.45, 7) is 0.894. The first-order valence-corrected chi connectivity index (χ1v) is 8.74. The summed E-state index contributed by atoms with van der Waals surface area (Å²) in [5, 5.41) is 16.2. The summed E-state index contributed by atoms with van der Waals surface area (Å²) in [5.41, 5.74) is 0.691.